The van der Waals surface area contributed by atoms with E-state index in [2.05, 4.69) is 6.92 Å². The van der Waals surface area contributed by atoms with Crippen molar-refractivity contribution in [3.63, 3.8) is 0 Å². The van der Waals surface area contributed by atoms with Crippen molar-refractivity contribution in [3.05, 3.63) is 11.6 Å². The van der Waals surface area contributed by atoms with Crippen LogP contribution in [-0.4, -0.2) is 81.3 Å². The third-order valence-electron chi connectivity index (χ3n) is 10.1. The van der Waals surface area contributed by atoms with E-state index in [-0.39, 0.29) is 36.5 Å². The van der Waals surface area contributed by atoms with E-state index in [9.17, 15) is 25.2 Å². The maximum absolute atomic E-state index is 11.7. The van der Waals surface area contributed by atoms with Crippen LogP contribution in [0.15, 0.2) is 11.6 Å². The Labute approximate surface area is 273 Å². The lowest BCUT2D eigenvalue weighted by Gasteiger charge is -2.24. The van der Waals surface area contributed by atoms with E-state index in [0.29, 0.717) is 31.3 Å². The Morgan fingerprint density at radius 2 is 1.18 bits per heavy atom. The number of hydrogen-bond donors (Lipinski definition) is 4. The van der Waals surface area contributed by atoms with E-state index in [1.165, 1.54) is 51.4 Å². The highest BCUT2D eigenvalue weighted by Crippen LogP contribution is 2.31. The summed E-state index contributed by atoms with van der Waals surface area (Å²) in [7, 11) is 0. The van der Waals surface area contributed by atoms with E-state index in [1.54, 1.807) is 6.08 Å². The number of aliphatic hydroxyl groups is 4. The zero-order chi connectivity index (χ0) is 32.4. The number of rotatable bonds is 25. The first kappa shape index (κ1) is 38.4. The van der Waals surface area contributed by atoms with Crippen LogP contribution in [0, 0.1) is 0 Å². The molecule has 3 aliphatic heterocycles. The molecule has 0 saturated carbocycles. The number of carbonyl (C=O) groups is 1. The number of aliphatic hydroxyl groups excluding tert-OH is 4. The first-order chi connectivity index (χ1) is 21.8. The lowest BCUT2D eigenvalue weighted by atomic mass is 9.98. The Morgan fingerprint density at radius 1 is 0.667 bits per heavy atom. The van der Waals surface area contributed by atoms with Gasteiger partial charge in [0.1, 0.15) is 6.10 Å². The van der Waals surface area contributed by atoms with Crippen LogP contribution in [0.2, 0.25) is 0 Å². The van der Waals surface area contributed by atoms with Crippen molar-refractivity contribution in [1.82, 2.24) is 0 Å². The summed E-state index contributed by atoms with van der Waals surface area (Å²) < 4.78 is 17.3. The first-order valence-electron chi connectivity index (χ1n) is 18.7. The molecule has 0 spiro atoms. The Bertz CT molecular complexity index is 833. The normalized spacial score (nSPS) is 27.8. The van der Waals surface area contributed by atoms with Gasteiger partial charge < -0.3 is 34.6 Å². The highest BCUT2D eigenvalue weighted by molar-refractivity contribution is 5.90. The third kappa shape index (κ3) is 14.7. The Balaban J connectivity index is 1.17. The SMILES string of the molecule is CCCCCCCCCCCC[C@@H](O)[C@H]1CC[C@H]([C@H](O)CC[C@H](O)[C@@H]2CC[C@@H](CCCCC[C@@H](O)CC3=C[C@H](C)OC3=O)O2)O1. The number of unbranched alkanes of at least 4 members (excludes halogenated alkanes) is 11. The molecular weight excluding hydrogens is 572 g/mol. The summed E-state index contributed by atoms with van der Waals surface area (Å²) in [5.74, 6) is -0.309. The molecule has 8 heteroatoms. The highest BCUT2D eigenvalue weighted by atomic mass is 16.5. The van der Waals surface area contributed by atoms with Crippen LogP contribution in [0.1, 0.15) is 162 Å². The van der Waals surface area contributed by atoms with Crippen LogP contribution in [0.25, 0.3) is 0 Å². The molecule has 0 aromatic heterocycles. The molecule has 45 heavy (non-hydrogen) atoms. The summed E-state index contributed by atoms with van der Waals surface area (Å²) in [4.78, 5) is 11.7. The van der Waals surface area contributed by atoms with Gasteiger partial charge in [0.15, 0.2) is 0 Å². The number of cyclic esters (lactones) is 1. The molecule has 4 N–H and O–H groups in total. The van der Waals surface area contributed by atoms with Crippen molar-refractivity contribution in [3.8, 4) is 0 Å². The summed E-state index contributed by atoms with van der Waals surface area (Å²) in [6.45, 7) is 4.07. The van der Waals surface area contributed by atoms with Crippen LogP contribution in [0.5, 0.6) is 0 Å². The number of carbonyl (C=O) groups excluding carboxylic acids is 1. The van der Waals surface area contributed by atoms with Gasteiger partial charge in [0, 0.05) is 12.0 Å². The van der Waals surface area contributed by atoms with Gasteiger partial charge in [-0.25, -0.2) is 4.79 Å². The average Bonchev–Trinajstić information content (AvgIpc) is 3.77. The molecular formula is C37H66O8. The fourth-order valence-electron chi connectivity index (χ4n) is 7.29. The van der Waals surface area contributed by atoms with Crippen LogP contribution >= 0.6 is 0 Å². The molecule has 0 unspecified atom stereocenters. The largest absolute Gasteiger partial charge is 0.455 e. The van der Waals surface area contributed by atoms with Crippen LogP contribution in [0.3, 0.4) is 0 Å². The second-order valence-electron chi connectivity index (χ2n) is 14.2. The van der Waals surface area contributed by atoms with Crippen LogP contribution in [-0.2, 0) is 19.0 Å². The molecule has 2 saturated heterocycles. The molecule has 0 bridgehead atoms. The molecule has 0 aromatic rings. The molecule has 0 radical (unpaired) electrons. The lowest BCUT2D eigenvalue weighted by molar-refractivity contribution is -0.139. The monoisotopic (exact) mass is 638 g/mol. The maximum Gasteiger partial charge on any atom is 0.334 e. The van der Waals surface area contributed by atoms with Crippen molar-refractivity contribution >= 4 is 5.97 Å². The summed E-state index contributed by atoms with van der Waals surface area (Å²) >= 11 is 0. The van der Waals surface area contributed by atoms with E-state index >= 15 is 0 Å². The van der Waals surface area contributed by atoms with Crippen molar-refractivity contribution in [2.24, 2.45) is 0 Å². The predicted octanol–water partition coefficient (Wildman–Crippen LogP) is 6.83. The number of ether oxygens (including phenoxy) is 3. The minimum atomic E-state index is -0.638. The van der Waals surface area contributed by atoms with E-state index < -0.39 is 24.4 Å². The first-order valence-corrected chi connectivity index (χ1v) is 18.7. The second kappa shape index (κ2) is 21.8. The molecule has 3 heterocycles. The van der Waals surface area contributed by atoms with Gasteiger partial charge in [0.05, 0.1) is 48.8 Å². The molecule has 3 rings (SSSR count). The molecule has 0 aromatic carbocycles. The predicted molar refractivity (Wildman–Crippen MR) is 177 cm³/mol. The zero-order valence-electron chi connectivity index (χ0n) is 28.5. The van der Waals surface area contributed by atoms with Gasteiger partial charge in [0.2, 0.25) is 0 Å². The molecule has 0 amide bonds. The Kier molecular flexibility index (Phi) is 18.6. The topological polar surface area (TPSA) is 126 Å². The minimum Gasteiger partial charge on any atom is -0.455 e. The minimum absolute atomic E-state index is 0.148. The number of esters is 1. The maximum atomic E-state index is 11.7. The summed E-state index contributed by atoms with van der Waals surface area (Å²) in [6.07, 6.45) is 21.5. The lowest BCUT2D eigenvalue weighted by Crippen LogP contribution is -2.33. The van der Waals surface area contributed by atoms with Crippen molar-refractivity contribution in [2.75, 3.05) is 0 Å². The van der Waals surface area contributed by atoms with Crippen molar-refractivity contribution < 1.29 is 39.4 Å². The fraction of sp³-hybridized carbons (Fsp3) is 0.919. The van der Waals surface area contributed by atoms with E-state index in [1.807, 2.05) is 6.92 Å². The Hall–Kier alpha value is -1.03. The zero-order valence-corrected chi connectivity index (χ0v) is 28.5. The summed E-state index contributed by atoms with van der Waals surface area (Å²) in [5, 5.41) is 42.4. The average molecular weight is 639 g/mol. The molecule has 9 atom stereocenters. The number of hydrogen-bond acceptors (Lipinski definition) is 8. The molecule has 0 aliphatic carbocycles. The molecule has 2 fully saturated rings. The molecule has 262 valence electrons. The Morgan fingerprint density at radius 3 is 1.78 bits per heavy atom. The van der Waals surface area contributed by atoms with Gasteiger partial charge in [-0.3, -0.25) is 0 Å². The van der Waals surface area contributed by atoms with E-state index in [4.69, 9.17) is 14.2 Å². The van der Waals surface area contributed by atoms with Gasteiger partial charge in [-0.2, -0.15) is 0 Å². The standard InChI is InChI=1S/C37H66O8/c1-3-4-5-6-7-8-9-10-11-15-18-31(39)35-23-24-36(45-35)33(41)21-20-32(40)34-22-19-30(44-34)17-14-12-13-16-29(38)26-28-25-27(2)43-37(28)42/h25,27,29-36,38-41H,3-24,26H2,1-2H3/t27-,29+,30+,31+,32-,33+,34-,35+,36+/m0/s1. The molecule has 3 aliphatic rings. The van der Waals surface area contributed by atoms with E-state index in [0.717, 1.165) is 70.6 Å². The smallest absolute Gasteiger partial charge is 0.334 e. The summed E-state index contributed by atoms with van der Waals surface area (Å²) in [6, 6.07) is 0. The van der Waals surface area contributed by atoms with Gasteiger partial charge in [-0.15, -0.1) is 0 Å². The van der Waals surface area contributed by atoms with Crippen molar-refractivity contribution in [2.45, 2.75) is 216 Å². The third-order valence-corrected chi connectivity index (χ3v) is 10.1. The van der Waals surface area contributed by atoms with Crippen LogP contribution < -0.4 is 0 Å². The highest BCUT2D eigenvalue weighted by Gasteiger charge is 2.36. The van der Waals surface area contributed by atoms with Gasteiger partial charge in [-0.1, -0.05) is 90.4 Å². The molecule has 8 nitrogen and oxygen atoms in total. The quantitative estimate of drug-likeness (QED) is 0.0634. The van der Waals surface area contributed by atoms with Gasteiger partial charge in [0.25, 0.3) is 0 Å². The van der Waals surface area contributed by atoms with Gasteiger partial charge >= 0.3 is 5.97 Å². The fourth-order valence-corrected chi connectivity index (χ4v) is 7.29. The van der Waals surface area contributed by atoms with Crippen LogP contribution in [0.4, 0.5) is 0 Å². The second-order valence-corrected chi connectivity index (χ2v) is 14.2. The van der Waals surface area contributed by atoms with Crippen molar-refractivity contribution in [1.29, 1.82) is 0 Å². The van der Waals surface area contributed by atoms with Gasteiger partial charge in [-0.05, 0) is 70.8 Å². The summed E-state index contributed by atoms with van der Waals surface area (Å²) in [5.41, 5.74) is 0.583.